The van der Waals surface area contributed by atoms with Crippen LogP contribution >= 0.6 is 0 Å². The van der Waals surface area contributed by atoms with Gasteiger partial charge < -0.3 is 11.1 Å². The zero-order valence-corrected chi connectivity index (χ0v) is 12.0. The largest absolute Gasteiger partial charge is 0.381 e. The topological polar surface area (TPSA) is 133 Å². The first-order valence-corrected chi connectivity index (χ1v) is 7.72. The standard InChI is InChI=1S/C11H14N6O3S/c1-2-21(19,20)11-10(12)17(16-15-11)7-9(18)14-8-5-3-4-6-13-8/h3-6H,2,7,12H2,1H3,(H,13,14,18). The number of nitrogens with zero attached hydrogens (tertiary/aromatic N) is 4. The Hall–Kier alpha value is -2.49. The summed E-state index contributed by atoms with van der Waals surface area (Å²) in [4.78, 5) is 15.8. The summed E-state index contributed by atoms with van der Waals surface area (Å²) in [5, 5.41) is 9.34. The average Bonchev–Trinajstić information content (AvgIpc) is 2.82. The summed E-state index contributed by atoms with van der Waals surface area (Å²) < 4.78 is 24.4. The van der Waals surface area contributed by atoms with Crippen LogP contribution in [0.1, 0.15) is 6.92 Å². The van der Waals surface area contributed by atoms with E-state index in [1.807, 2.05) is 0 Å². The number of rotatable bonds is 5. The van der Waals surface area contributed by atoms with Gasteiger partial charge in [-0.3, -0.25) is 4.79 Å². The molecule has 0 saturated heterocycles. The van der Waals surface area contributed by atoms with Crippen LogP contribution in [0.25, 0.3) is 0 Å². The van der Waals surface area contributed by atoms with Crippen LogP contribution < -0.4 is 11.1 Å². The SMILES string of the molecule is CCS(=O)(=O)c1nnn(CC(=O)Nc2ccccn2)c1N. The lowest BCUT2D eigenvalue weighted by atomic mass is 10.4. The molecule has 9 nitrogen and oxygen atoms in total. The fraction of sp³-hybridized carbons (Fsp3) is 0.273. The van der Waals surface area contributed by atoms with Gasteiger partial charge in [0.05, 0.1) is 5.75 Å². The molecule has 0 unspecified atom stereocenters. The highest BCUT2D eigenvalue weighted by atomic mass is 32.2. The molecule has 0 saturated carbocycles. The average molecular weight is 310 g/mol. The van der Waals surface area contributed by atoms with Crippen molar-refractivity contribution in [3.05, 3.63) is 24.4 Å². The second-order valence-corrected chi connectivity index (χ2v) is 6.30. The number of sulfone groups is 1. The molecule has 0 atom stereocenters. The molecule has 10 heteroatoms. The number of anilines is 2. The van der Waals surface area contributed by atoms with Crippen LogP contribution in [0, 0.1) is 0 Å². The van der Waals surface area contributed by atoms with E-state index in [-0.39, 0.29) is 23.1 Å². The first-order valence-electron chi connectivity index (χ1n) is 6.06. The number of pyridine rings is 1. The second-order valence-electron chi connectivity index (χ2n) is 4.10. The fourth-order valence-electron chi connectivity index (χ4n) is 1.53. The smallest absolute Gasteiger partial charge is 0.247 e. The minimum absolute atomic E-state index is 0.143. The molecular weight excluding hydrogens is 296 g/mol. The molecule has 21 heavy (non-hydrogen) atoms. The number of amides is 1. The number of aromatic nitrogens is 4. The van der Waals surface area contributed by atoms with Crippen molar-refractivity contribution >= 4 is 27.4 Å². The van der Waals surface area contributed by atoms with Crippen LogP contribution in [0.5, 0.6) is 0 Å². The van der Waals surface area contributed by atoms with Crippen molar-refractivity contribution in [2.24, 2.45) is 0 Å². The number of carbonyl (C=O) groups excluding carboxylic acids is 1. The van der Waals surface area contributed by atoms with Gasteiger partial charge in [0.2, 0.25) is 20.8 Å². The molecule has 0 aliphatic heterocycles. The van der Waals surface area contributed by atoms with Gasteiger partial charge in [0, 0.05) is 6.20 Å². The zero-order chi connectivity index (χ0) is 15.5. The van der Waals surface area contributed by atoms with Gasteiger partial charge in [-0.1, -0.05) is 18.2 Å². The minimum Gasteiger partial charge on any atom is -0.381 e. The Morgan fingerprint density at radius 1 is 1.43 bits per heavy atom. The maximum absolute atomic E-state index is 11.8. The number of nitrogen functional groups attached to an aromatic ring is 1. The summed E-state index contributed by atoms with van der Waals surface area (Å²) in [7, 11) is -3.57. The molecule has 1 amide bonds. The normalized spacial score (nSPS) is 11.3. The Labute approximate surface area is 121 Å². The summed E-state index contributed by atoms with van der Waals surface area (Å²) in [6.07, 6.45) is 1.53. The van der Waals surface area contributed by atoms with E-state index in [4.69, 9.17) is 5.73 Å². The Balaban J connectivity index is 2.12. The van der Waals surface area contributed by atoms with Gasteiger partial charge in [-0.25, -0.2) is 18.1 Å². The molecule has 112 valence electrons. The molecule has 0 fully saturated rings. The highest BCUT2D eigenvalue weighted by Crippen LogP contribution is 2.15. The van der Waals surface area contributed by atoms with Gasteiger partial charge in [-0.15, -0.1) is 5.10 Å². The van der Waals surface area contributed by atoms with Crippen LogP contribution in [0.2, 0.25) is 0 Å². The zero-order valence-electron chi connectivity index (χ0n) is 11.2. The predicted octanol–water partition coefficient (Wildman–Crippen LogP) is -0.312. The van der Waals surface area contributed by atoms with Gasteiger partial charge in [0.1, 0.15) is 12.4 Å². The highest BCUT2D eigenvalue weighted by Gasteiger charge is 2.23. The number of hydrogen-bond acceptors (Lipinski definition) is 7. The van der Waals surface area contributed by atoms with Crippen molar-refractivity contribution in [3.63, 3.8) is 0 Å². The van der Waals surface area contributed by atoms with Crippen molar-refractivity contribution in [2.75, 3.05) is 16.8 Å². The van der Waals surface area contributed by atoms with E-state index >= 15 is 0 Å². The third kappa shape index (κ3) is 3.34. The monoisotopic (exact) mass is 310 g/mol. The van der Waals surface area contributed by atoms with Crippen LogP contribution in [0.3, 0.4) is 0 Å². The molecule has 2 aromatic heterocycles. The molecular formula is C11H14N6O3S. The maximum atomic E-state index is 11.8. The summed E-state index contributed by atoms with van der Waals surface area (Å²) in [5.74, 6) is -0.364. The molecule has 0 bridgehead atoms. The van der Waals surface area contributed by atoms with E-state index < -0.39 is 15.7 Å². The Kier molecular flexibility index (Phi) is 4.17. The van der Waals surface area contributed by atoms with Crippen molar-refractivity contribution in [3.8, 4) is 0 Å². The molecule has 2 heterocycles. The third-order valence-corrected chi connectivity index (χ3v) is 4.28. The molecule has 2 rings (SSSR count). The van der Waals surface area contributed by atoms with Crippen LogP contribution in [0.4, 0.5) is 11.6 Å². The lowest BCUT2D eigenvalue weighted by Gasteiger charge is -2.05. The molecule has 0 aromatic carbocycles. The van der Waals surface area contributed by atoms with Gasteiger partial charge >= 0.3 is 0 Å². The first-order chi connectivity index (χ1) is 9.94. The van der Waals surface area contributed by atoms with Crippen molar-refractivity contribution in [1.82, 2.24) is 20.0 Å². The Morgan fingerprint density at radius 2 is 2.19 bits per heavy atom. The van der Waals surface area contributed by atoms with Gasteiger partial charge in [-0.2, -0.15) is 0 Å². The molecule has 0 spiro atoms. The van der Waals surface area contributed by atoms with E-state index in [0.717, 1.165) is 4.68 Å². The Morgan fingerprint density at radius 3 is 2.81 bits per heavy atom. The van der Waals surface area contributed by atoms with Crippen LogP contribution in [-0.4, -0.2) is 40.1 Å². The van der Waals surface area contributed by atoms with E-state index in [2.05, 4.69) is 20.6 Å². The molecule has 3 N–H and O–H groups in total. The second kappa shape index (κ2) is 5.87. The molecule has 0 aliphatic carbocycles. The van der Waals surface area contributed by atoms with Gasteiger partial charge in [0.15, 0.2) is 5.82 Å². The molecule has 0 radical (unpaired) electrons. The van der Waals surface area contributed by atoms with Gasteiger partial charge in [-0.05, 0) is 12.1 Å². The quantitative estimate of drug-likeness (QED) is 0.773. The summed E-state index contributed by atoms with van der Waals surface area (Å²) >= 11 is 0. The third-order valence-electron chi connectivity index (χ3n) is 2.64. The highest BCUT2D eigenvalue weighted by molar-refractivity contribution is 7.91. The molecule has 2 aromatic rings. The number of carbonyl (C=O) groups is 1. The van der Waals surface area contributed by atoms with E-state index in [0.29, 0.717) is 5.82 Å². The molecule has 0 aliphatic rings. The summed E-state index contributed by atoms with van der Waals surface area (Å²) in [5.41, 5.74) is 5.67. The van der Waals surface area contributed by atoms with Crippen molar-refractivity contribution < 1.29 is 13.2 Å². The van der Waals surface area contributed by atoms with E-state index in [1.54, 1.807) is 18.2 Å². The first kappa shape index (κ1) is 14.9. The number of nitrogens with one attached hydrogen (secondary N) is 1. The summed E-state index contributed by atoms with van der Waals surface area (Å²) in [6, 6.07) is 5.06. The van der Waals surface area contributed by atoms with E-state index in [9.17, 15) is 13.2 Å². The van der Waals surface area contributed by atoms with E-state index in [1.165, 1.54) is 13.1 Å². The Bertz CT molecular complexity index is 741. The fourth-order valence-corrected chi connectivity index (χ4v) is 2.39. The van der Waals surface area contributed by atoms with Crippen LogP contribution in [0.15, 0.2) is 29.4 Å². The maximum Gasteiger partial charge on any atom is 0.247 e. The summed E-state index contributed by atoms with van der Waals surface area (Å²) in [6.45, 7) is 1.22. The van der Waals surface area contributed by atoms with Gasteiger partial charge in [0.25, 0.3) is 0 Å². The minimum atomic E-state index is -3.57. The van der Waals surface area contributed by atoms with Crippen LogP contribution in [-0.2, 0) is 21.2 Å². The lowest BCUT2D eigenvalue weighted by Crippen LogP contribution is -2.21. The lowest BCUT2D eigenvalue weighted by molar-refractivity contribution is -0.116. The van der Waals surface area contributed by atoms with Crippen molar-refractivity contribution in [1.29, 1.82) is 0 Å². The number of hydrogen-bond donors (Lipinski definition) is 2. The van der Waals surface area contributed by atoms with Crippen molar-refractivity contribution in [2.45, 2.75) is 18.5 Å². The predicted molar refractivity (Wildman–Crippen MR) is 75.0 cm³/mol. The number of nitrogens with two attached hydrogens (primary N) is 1.